The smallest absolute Gasteiger partial charge is 0.333 e. The summed E-state index contributed by atoms with van der Waals surface area (Å²) in [6.45, 7) is 6.77. The van der Waals surface area contributed by atoms with E-state index < -0.39 is 11.2 Å². The maximum Gasteiger partial charge on any atom is 0.333 e. The molecule has 2 aliphatic rings. The van der Waals surface area contributed by atoms with Crippen LogP contribution in [-0.2, 0) is 13.6 Å². The second-order valence-corrected chi connectivity index (χ2v) is 13.9. The Kier molecular flexibility index (Phi) is 10.7. The number of likely N-dealkylation sites (tertiary alicyclic amines) is 1. The molecule has 14 heteroatoms. The lowest BCUT2D eigenvalue weighted by Gasteiger charge is -2.39. The normalized spacial score (nSPS) is 15.7. The minimum absolute atomic E-state index is 0.0939. The lowest BCUT2D eigenvalue weighted by atomic mass is 9.95. The molecule has 0 saturated carbocycles. The van der Waals surface area contributed by atoms with Crippen LogP contribution in [0.3, 0.4) is 0 Å². The third-order valence-electron chi connectivity index (χ3n) is 10.7. The van der Waals surface area contributed by atoms with Crippen LogP contribution in [0.25, 0.3) is 27.6 Å². The van der Waals surface area contributed by atoms with E-state index in [1.54, 1.807) is 56.4 Å². The standard InChI is InChI=1S/C40H45N7O7/c1-43-25-32(29-7-11-41-22-31(29)39(43)50)30-21-35(53-3)28(20-36(30)54-4)24-45-17-15-44(16-18-45)23-26-8-12-46(13-9-26)38(49)27-5-6-34(52-2)33(19-27)47-14-10-37(48)42-40(47)51/h5-7,10-11,14,19-22,25-26H,8-9,12-13,15-18,23-24H2,1-4H3,(H,42,48,51). The van der Waals surface area contributed by atoms with Crippen LogP contribution < -0.4 is 31.0 Å². The number of nitrogens with one attached hydrogen (secondary N) is 1. The van der Waals surface area contributed by atoms with Crippen LogP contribution in [0.15, 0.2) is 81.6 Å². The fourth-order valence-corrected chi connectivity index (χ4v) is 7.68. The summed E-state index contributed by atoms with van der Waals surface area (Å²) in [5.41, 5.74) is 2.40. The van der Waals surface area contributed by atoms with Gasteiger partial charge in [0.25, 0.3) is 17.0 Å². The molecule has 0 unspecified atom stereocenters. The number of rotatable bonds is 10. The van der Waals surface area contributed by atoms with Gasteiger partial charge in [-0.2, -0.15) is 0 Å². The lowest BCUT2D eigenvalue weighted by Crippen LogP contribution is -2.48. The van der Waals surface area contributed by atoms with Gasteiger partial charge in [0.1, 0.15) is 17.2 Å². The monoisotopic (exact) mass is 735 g/mol. The lowest BCUT2D eigenvalue weighted by molar-refractivity contribution is 0.0628. The molecule has 0 bridgehead atoms. The number of H-pyrrole nitrogens is 1. The Hall–Kier alpha value is -5.73. The van der Waals surface area contributed by atoms with E-state index >= 15 is 0 Å². The zero-order chi connectivity index (χ0) is 37.9. The minimum Gasteiger partial charge on any atom is -0.496 e. The molecule has 2 fully saturated rings. The van der Waals surface area contributed by atoms with Crippen LogP contribution >= 0.6 is 0 Å². The number of aryl methyl sites for hydroxylation is 1. The summed E-state index contributed by atoms with van der Waals surface area (Å²) >= 11 is 0. The summed E-state index contributed by atoms with van der Waals surface area (Å²) in [5, 5.41) is 1.36. The van der Waals surface area contributed by atoms with Gasteiger partial charge in [-0.25, -0.2) is 4.79 Å². The Morgan fingerprint density at radius 3 is 2.24 bits per heavy atom. The number of amides is 1. The molecule has 0 radical (unpaired) electrons. The molecule has 7 rings (SSSR count). The number of nitrogens with zero attached hydrogens (tertiary/aromatic N) is 6. The van der Waals surface area contributed by atoms with Crippen LogP contribution in [0.2, 0.25) is 0 Å². The predicted octanol–water partition coefficient (Wildman–Crippen LogP) is 3.14. The summed E-state index contributed by atoms with van der Waals surface area (Å²) in [6.07, 6.45) is 8.34. The van der Waals surface area contributed by atoms with Crippen molar-refractivity contribution in [3.8, 4) is 34.1 Å². The summed E-state index contributed by atoms with van der Waals surface area (Å²) < 4.78 is 20.1. The van der Waals surface area contributed by atoms with Gasteiger partial charge in [0.2, 0.25) is 0 Å². The van der Waals surface area contributed by atoms with E-state index in [-0.39, 0.29) is 11.5 Å². The third-order valence-corrected chi connectivity index (χ3v) is 10.7. The number of piperidine rings is 1. The number of methoxy groups -OCH3 is 3. The molecule has 2 aliphatic heterocycles. The van der Waals surface area contributed by atoms with Gasteiger partial charge < -0.3 is 28.6 Å². The van der Waals surface area contributed by atoms with E-state index in [0.717, 1.165) is 79.9 Å². The van der Waals surface area contributed by atoms with Gasteiger partial charge in [-0.15, -0.1) is 0 Å². The third kappa shape index (κ3) is 7.39. The Bertz CT molecular complexity index is 2350. The highest BCUT2D eigenvalue weighted by Gasteiger charge is 2.28. The van der Waals surface area contributed by atoms with E-state index in [2.05, 4.69) is 19.8 Å². The molecule has 2 aromatic carbocycles. The average Bonchev–Trinajstić information content (AvgIpc) is 3.19. The van der Waals surface area contributed by atoms with E-state index in [1.165, 1.54) is 23.9 Å². The number of pyridine rings is 2. The Balaban J connectivity index is 0.952. The molecule has 14 nitrogen and oxygen atoms in total. The Labute approximate surface area is 312 Å². The van der Waals surface area contributed by atoms with Gasteiger partial charge in [-0.05, 0) is 60.5 Å². The predicted molar refractivity (Wildman–Crippen MR) is 205 cm³/mol. The number of hydrogen-bond acceptors (Lipinski definition) is 10. The SMILES string of the molecule is COc1cc(-c2cn(C)c(=O)c3cnccc23)c(OC)cc1CN1CCN(CC2CCN(C(=O)c3ccc(OC)c(-n4ccc(=O)[nH]c4=O)c3)CC2)CC1. The first kappa shape index (κ1) is 36.6. The highest BCUT2D eigenvalue weighted by Crippen LogP contribution is 2.39. The van der Waals surface area contributed by atoms with Gasteiger partial charge in [-0.1, -0.05) is 0 Å². The Morgan fingerprint density at radius 2 is 1.54 bits per heavy atom. The van der Waals surface area contributed by atoms with Crippen molar-refractivity contribution >= 4 is 16.7 Å². The van der Waals surface area contributed by atoms with Gasteiger partial charge in [0.15, 0.2) is 0 Å². The highest BCUT2D eigenvalue weighted by atomic mass is 16.5. The molecule has 0 spiro atoms. The summed E-state index contributed by atoms with van der Waals surface area (Å²) in [6, 6.07) is 12.2. The van der Waals surface area contributed by atoms with Gasteiger partial charge in [0.05, 0.1) is 32.4 Å². The zero-order valence-corrected chi connectivity index (χ0v) is 31.0. The van der Waals surface area contributed by atoms with E-state index in [4.69, 9.17) is 14.2 Å². The largest absolute Gasteiger partial charge is 0.496 e. The van der Waals surface area contributed by atoms with Gasteiger partial charge >= 0.3 is 5.69 Å². The maximum absolute atomic E-state index is 13.6. The van der Waals surface area contributed by atoms with Crippen LogP contribution in [0.1, 0.15) is 28.8 Å². The van der Waals surface area contributed by atoms with Crippen LogP contribution in [0.5, 0.6) is 17.2 Å². The molecule has 54 heavy (non-hydrogen) atoms. The van der Waals surface area contributed by atoms with Crippen molar-refractivity contribution in [2.75, 3.05) is 67.1 Å². The number of carbonyl (C=O) groups is 1. The van der Waals surface area contributed by atoms with E-state index in [1.807, 2.05) is 29.3 Å². The highest BCUT2D eigenvalue weighted by molar-refractivity contribution is 5.97. The number of carbonyl (C=O) groups excluding carboxylic acids is 1. The fraction of sp³-hybridized carbons (Fsp3) is 0.375. The second-order valence-electron chi connectivity index (χ2n) is 13.9. The van der Waals surface area contributed by atoms with Crippen molar-refractivity contribution < 1.29 is 19.0 Å². The second kappa shape index (κ2) is 15.7. The Morgan fingerprint density at radius 1 is 0.815 bits per heavy atom. The molecule has 282 valence electrons. The number of aromatic nitrogens is 4. The van der Waals surface area contributed by atoms with Crippen molar-refractivity contribution in [2.45, 2.75) is 19.4 Å². The first-order chi connectivity index (χ1) is 26.2. The number of ether oxygens (including phenoxy) is 3. The van der Waals surface area contributed by atoms with Gasteiger partial charge in [-0.3, -0.25) is 33.8 Å². The number of piperazine rings is 1. The molecule has 0 atom stereocenters. The molecule has 2 saturated heterocycles. The van der Waals surface area contributed by atoms with E-state index in [0.29, 0.717) is 47.1 Å². The van der Waals surface area contributed by atoms with Crippen molar-refractivity contribution in [1.82, 2.24) is 33.8 Å². The van der Waals surface area contributed by atoms with Crippen molar-refractivity contribution in [2.24, 2.45) is 13.0 Å². The molecular formula is C40H45N7O7. The first-order valence-corrected chi connectivity index (χ1v) is 18.1. The number of fused-ring (bicyclic) bond motifs is 1. The molecule has 5 aromatic rings. The molecule has 3 aromatic heterocycles. The van der Waals surface area contributed by atoms with Gasteiger partial charge in [0, 0.05) is 113 Å². The van der Waals surface area contributed by atoms with Crippen LogP contribution in [0.4, 0.5) is 0 Å². The molecular weight excluding hydrogens is 690 g/mol. The van der Waals surface area contributed by atoms with Crippen molar-refractivity contribution in [3.63, 3.8) is 0 Å². The molecule has 5 heterocycles. The summed E-state index contributed by atoms with van der Waals surface area (Å²) in [5.74, 6) is 2.29. The molecule has 0 aliphatic carbocycles. The number of benzene rings is 2. The zero-order valence-electron chi connectivity index (χ0n) is 31.0. The number of aromatic amines is 1. The summed E-state index contributed by atoms with van der Waals surface area (Å²) in [7, 11) is 6.58. The van der Waals surface area contributed by atoms with Crippen molar-refractivity contribution in [3.05, 3.63) is 110 Å². The van der Waals surface area contributed by atoms with Crippen LogP contribution in [-0.4, -0.2) is 107 Å². The summed E-state index contributed by atoms with van der Waals surface area (Å²) in [4.78, 5) is 63.7. The average molecular weight is 736 g/mol. The minimum atomic E-state index is -0.604. The molecule has 1 amide bonds. The first-order valence-electron chi connectivity index (χ1n) is 18.1. The van der Waals surface area contributed by atoms with Crippen molar-refractivity contribution in [1.29, 1.82) is 0 Å². The van der Waals surface area contributed by atoms with E-state index in [9.17, 15) is 19.2 Å². The maximum atomic E-state index is 13.6. The quantitative estimate of drug-likeness (QED) is 0.227. The number of hydrogen-bond donors (Lipinski definition) is 1. The molecule has 1 N–H and O–H groups in total. The fourth-order valence-electron chi connectivity index (χ4n) is 7.68. The topological polar surface area (TPSA) is 144 Å². The van der Waals surface area contributed by atoms with Crippen LogP contribution in [0, 0.1) is 5.92 Å².